The summed E-state index contributed by atoms with van der Waals surface area (Å²) in [7, 11) is 1.23. The Bertz CT molecular complexity index is 1310. The zero-order valence-corrected chi connectivity index (χ0v) is 20.4. The van der Waals surface area contributed by atoms with Crippen molar-refractivity contribution in [1.29, 1.82) is 0 Å². The van der Waals surface area contributed by atoms with Gasteiger partial charge in [0.25, 0.3) is 11.8 Å². The number of nitrogens with one attached hydrogen (secondary N) is 1. The van der Waals surface area contributed by atoms with Crippen molar-refractivity contribution < 1.29 is 28.3 Å². The normalized spacial score (nSPS) is 13.7. The largest absolute Gasteiger partial charge is 0.465 e. The molecule has 7 nitrogen and oxygen atoms in total. The van der Waals surface area contributed by atoms with E-state index in [0.29, 0.717) is 16.0 Å². The van der Waals surface area contributed by atoms with Crippen LogP contribution < -0.4 is 5.32 Å². The van der Waals surface area contributed by atoms with Crippen molar-refractivity contribution in [3.63, 3.8) is 0 Å². The molecule has 0 saturated carbocycles. The van der Waals surface area contributed by atoms with E-state index in [1.165, 1.54) is 31.4 Å². The molecular weight excluding hydrogens is 471 g/mol. The first kappa shape index (κ1) is 24.3. The molecule has 3 amide bonds. The fourth-order valence-electron chi connectivity index (χ4n) is 4.26. The molecule has 0 radical (unpaired) electrons. The molecule has 2 aromatic carbocycles. The van der Waals surface area contributed by atoms with Crippen LogP contribution in [0.25, 0.3) is 11.1 Å². The minimum atomic E-state index is -1.11. The monoisotopic (exact) mass is 494 g/mol. The molecule has 180 valence electrons. The van der Waals surface area contributed by atoms with E-state index in [1.54, 1.807) is 45.0 Å². The van der Waals surface area contributed by atoms with Gasteiger partial charge in [0, 0.05) is 10.4 Å². The van der Waals surface area contributed by atoms with Crippen molar-refractivity contribution in [3.8, 4) is 11.1 Å². The predicted molar refractivity (Wildman–Crippen MR) is 130 cm³/mol. The molecule has 2 heterocycles. The number of carbonyl (C=O) groups is 4. The number of esters is 1. The number of aryl methyl sites for hydroxylation is 1. The quantitative estimate of drug-likeness (QED) is 0.388. The van der Waals surface area contributed by atoms with E-state index in [2.05, 4.69) is 5.32 Å². The van der Waals surface area contributed by atoms with Crippen LogP contribution in [0, 0.1) is 18.7 Å². The number of fused-ring (bicyclic) bond motifs is 1. The molecule has 1 aromatic heterocycles. The Hall–Kier alpha value is -3.85. The van der Waals surface area contributed by atoms with Gasteiger partial charge in [-0.05, 0) is 42.7 Å². The third-order valence-corrected chi connectivity index (χ3v) is 6.87. The lowest BCUT2D eigenvalue weighted by Gasteiger charge is -2.28. The molecule has 0 saturated heterocycles. The Morgan fingerprint density at radius 1 is 1.00 bits per heavy atom. The number of halogens is 1. The first-order valence-electron chi connectivity index (χ1n) is 10.9. The van der Waals surface area contributed by atoms with Crippen molar-refractivity contribution in [2.24, 2.45) is 5.92 Å². The molecule has 1 aliphatic rings. The maximum absolute atomic E-state index is 13.5. The average molecular weight is 495 g/mol. The van der Waals surface area contributed by atoms with Crippen LogP contribution in [0.15, 0.2) is 48.5 Å². The fraction of sp³-hybridized carbons (Fsp3) is 0.231. The molecule has 1 atom stereocenters. The summed E-state index contributed by atoms with van der Waals surface area (Å²) in [6.45, 7) is 5.24. The van der Waals surface area contributed by atoms with Gasteiger partial charge < -0.3 is 10.1 Å². The second-order valence-corrected chi connectivity index (χ2v) is 9.66. The summed E-state index contributed by atoms with van der Waals surface area (Å²) >= 11 is 1.16. The number of thiophene rings is 1. The number of amides is 3. The van der Waals surface area contributed by atoms with E-state index < -0.39 is 41.5 Å². The van der Waals surface area contributed by atoms with Gasteiger partial charge in [0.05, 0.1) is 18.2 Å². The summed E-state index contributed by atoms with van der Waals surface area (Å²) in [4.78, 5) is 54.0. The van der Waals surface area contributed by atoms with Gasteiger partial charge in [-0.15, -0.1) is 11.3 Å². The second kappa shape index (κ2) is 9.42. The van der Waals surface area contributed by atoms with Gasteiger partial charge >= 0.3 is 5.97 Å². The van der Waals surface area contributed by atoms with Gasteiger partial charge in [0.1, 0.15) is 22.4 Å². The highest BCUT2D eigenvalue weighted by molar-refractivity contribution is 7.17. The number of hydrogen-bond donors (Lipinski definition) is 1. The molecule has 9 heteroatoms. The highest BCUT2D eigenvalue weighted by Gasteiger charge is 2.44. The standard InChI is InChI=1S/C26H23FN2O5S/c1-13(2)21(29-24(31)17-7-5-6-8-18(17)25(29)32)22(30)28-23-20(26(33)34-4)19(14(3)35-23)15-9-11-16(27)12-10-15/h5-13,21H,1-4H3,(H,28,30). The number of hydrogen-bond acceptors (Lipinski definition) is 6. The first-order valence-corrected chi connectivity index (χ1v) is 11.7. The van der Waals surface area contributed by atoms with Crippen LogP contribution in [0.2, 0.25) is 0 Å². The summed E-state index contributed by atoms with van der Waals surface area (Å²) in [5.41, 5.74) is 1.72. The molecule has 4 rings (SSSR count). The number of carbonyl (C=O) groups excluding carboxylic acids is 4. The number of anilines is 1. The highest BCUT2D eigenvalue weighted by atomic mass is 32.1. The Balaban J connectivity index is 1.73. The van der Waals surface area contributed by atoms with Gasteiger partial charge in [-0.25, -0.2) is 9.18 Å². The number of ether oxygens (including phenoxy) is 1. The minimum absolute atomic E-state index is 0.125. The Labute approximate surface area is 205 Å². The summed E-state index contributed by atoms with van der Waals surface area (Å²) in [6, 6.07) is 11.0. The van der Waals surface area contributed by atoms with Crippen molar-refractivity contribution in [1.82, 2.24) is 4.90 Å². The van der Waals surface area contributed by atoms with Crippen LogP contribution >= 0.6 is 11.3 Å². The summed E-state index contributed by atoms with van der Waals surface area (Å²) in [6.07, 6.45) is 0. The molecule has 0 aliphatic carbocycles. The number of methoxy groups -OCH3 is 1. The maximum Gasteiger partial charge on any atom is 0.341 e. The van der Waals surface area contributed by atoms with Crippen molar-refractivity contribution in [2.45, 2.75) is 26.8 Å². The topological polar surface area (TPSA) is 92.8 Å². The molecule has 0 fully saturated rings. The van der Waals surface area contributed by atoms with Gasteiger partial charge in [-0.1, -0.05) is 38.1 Å². The lowest BCUT2D eigenvalue weighted by atomic mass is 10.00. The molecule has 0 bridgehead atoms. The minimum Gasteiger partial charge on any atom is -0.465 e. The maximum atomic E-state index is 13.5. The molecule has 1 N–H and O–H groups in total. The predicted octanol–water partition coefficient (Wildman–Crippen LogP) is 4.91. The van der Waals surface area contributed by atoms with Crippen LogP contribution in [0.3, 0.4) is 0 Å². The fourth-order valence-corrected chi connectivity index (χ4v) is 5.33. The van der Waals surface area contributed by atoms with Crippen LogP contribution in [-0.4, -0.2) is 41.7 Å². The molecule has 3 aromatic rings. The van der Waals surface area contributed by atoms with Crippen molar-refractivity contribution in [3.05, 3.63) is 75.9 Å². The van der Waals surface area contributed by atoms with E-state index in [4.69, 9.17) is 4.74 Å². The SMILES string of the molecule is COC(=O)c1c(NC(=O)C(C(C)C)N2C(=O)c3ccccc3C2=O)sc(C)c1-c1ccc(F)cc1. The lowest BCUT2D eigenvalue weighted by molar-refractivity contribution is -0.121. The van der Waals surface area contributed by atoms with Gasteiger partial charge in [0.2, 0.25) is 5.91 Å². The zero-order chi connectivity index (χ0) is 25.4. The number of nitrogens with zero attached hydrogens (tertiary/aromatic N) is 1. The third kappa shape index (κ3) is 4.23. The van der Waals surface area contributed by atoms with Gasteiger partial charge in [-0.3, -0.25) is 19.3 Å². The van der Waals surface area contributed by atoms with Gasteiger partial charge in [0.15, 0.2) is 0 Å². The second-order valence-electron chi connectivity index (χ2n) is 8.44. The van der Waals surface area contributed by atoms with E-state index in [1.807, 2.05) is 0 Å². The Morgan fingerprint density at radius 2 is 1.57 bits per heavy atom. The van der Waals surface area contributed by atoms with E-state index in [-0.39, 0.29) is 21.7 Å². The van der Waals surface area contributed by atoms with Crippen LogP contribution in [0.1, 0.15) is 49.8 Å². The average Bonchev–Trinajstić information content (AvgIpc) is 3.28. The number of benzene rings is 2. The zero-order valence-electron chi connectivity index (χ0n) is 19.5. The van der Waals surface area contributed by atoms with Crippen molar-refractivity contribution in [2.75, 3.05) is 12.4 Å². The smallest absolute Gasteiger partial charge is 0.341 e. The Kier molecular flexibility index (Phi) is 6.53. The van der Waals surface area contributed by atoms with Gasteiger partial charge in [-0.2, -0.15) is 0 Å². The van der Waals surface area contributed by atoms with E-state index >= 15 is 0 Å². The molecule has 1 aliphatic heterocycles. The van der Waals surface area contributed by atoms with Crippen LogP contribution in [0.5, 0.6) is 0 Å². The third-order valence-electron chi connectivity index (χ3n) is 5.85. The molecule has 1 unspecified atom stereocenters. The van der Waals surface area contributed by atoms with Crippen LogP contribution in [0.4, 0.5) is 9.39 Å². The summed E-state index contributed by atoms with van der Waals surface area (Å²) < 4.78 is 18.4. The van der Waals surface area contributed by atoms with E-state index in [0.717, 1.165) is 16.2 Å². The molecule has 0 spiro atoms. The Morgan fingerprint density at radius 3 is 2.09 bits per heavy atom. The number of imide groups is 1. The van der Waals surface area contributed by atoms with E-state index in [9.17, 15) is 23.6 Å². The summed E-state index contributed by atoms with van der Waals surface area (Å²) in [5, 5.41) is 2.98. The lowest BCUT2D eigenvalue weighted by Crippen LogP contribution is -2.50. The molecular formula is C26H23FN2O5S. The van der Waals surface area contributed by atoms with Crippen molar-refractivity contribution >= 4 is 40.0 Å². The van der Waals surface area contributed by atoms with Crippen LogP contribution in [-0.2, 0) is 9.53 Å². The number of rotatable bonds is 6. The highest BCUT2D eigenvalue weighted by Crippen LogP contribution is 2.41. The molecule has 35 heavy (non-hydrogen) atoms. The first-order chi connectivity index (χ1) is 16.6. The summed E-state index contributed by atoms with van der Waals surface area (Å²) in [5.74, 6) is -3.19.